The normalized spacial score (nSPS) is 58.6. The smallest absolute Gasteiger partial charge is 0.0550 e. The van der Waals surface area contributed by atoms with E-state index < -0.39 is 0 Å². The Morgan fingerprint density at radius 2 is 1.65 bits per heavy atom. The van der Waals surface area contributed by atoms with Crippen LogP contribution < -0.4 is 0 Å². The van der Waals surface area contributed by atoms with Crippen molar-refractivity contribution in [3.05, 3.63) is 0 Å². The summed E-state index contributed by atoms with van der Waals surface area (Å²) in [5.74, 6) is 4.71. The van der Waals surface area contributed by atoms with E-state index in [0.29, 0.717) is 6.10 Å². The second-order valence-corrected chi connectivity index (χ2v) is 7.60. The minimum absolute atomic E-state index is 0.499. The Labute approximate surface area is 106 Å². The quantitative estimate of drug-likeness (QED) is 0.665. The summed E-state index contributed by atoms with van der Waals surface area (Å²) in [4.78, 5) is 0. The summed E-state index contributed by atoms with van der Waals surface area (Å²) in [6.07, 6.45) is 6.35. The predicted molar refractivity (Wildman–Crippen MR) is 70.8 cm³/mol. The van der Waals surface area contributed by atoms with Crippen LogP contribution in [0.25, 0.3) is 0 Å². The van der Waals surface area contributed by atoms with Gasteiger partial charge in [0.2, 0.25) is 0 Å². The van der Waals surface area contributed by atoms with Crippen molar-refractivity contribution in [2.45, 2.75) is 59.5 Å². The molecule has 0 aromatic carbocycles. The highest BCUT2D eigenvalue weighted by Gasteiger charge is 2.60. The maximum absolute atomic E-state index is 5.82. The van der Waals surface area contributed by atoms with Gasteiger partial charge in [-0.15, -0.1) is 0 Å². The molecule has 0 amide bonds. The van der Waals surface area contributed by atoms with Crippen LogP contribution >= 0.6 is 0 Å². The van der Waals surface area contributed by atoms with Crippen LogP contribution in [0.5, 0.6) is 0 Å². The molecule has 98 valence electrons. The molecule has 1 saturated heterocycles. The highest BCUT2D eigenvalue weighted by molar-refractivity contribution is 5.09. The molecule has 1 heteroatoms. The Hall–Kier alpha value is -0.0400. The first-order valence-corrected chi connectivity index (χ1v) is 7.63. The van der Waals surface area contributed by atoms with E-state index in [1.54, 1.807) is 0 Å². The molecule has 0 bridgehead atoms. The molecular weight excluding hydrogens is 208 g/mol. The van der Waals surface area contributed by atoms with E-state index in [2.05, 4.69) is 27.7 Å². The molecule has 1 nitrogen and oxygen atoms in total. The van der Waals surface area contributed by atoms with Gasteiger partial charge >= 0.3 is 0 Å². The first-order valence-electron chi connectivity index (χ1n) is 7.63. The lowest BCUT2D eigenvalue weighted by Crippen LogP contribution is -2.59. The van der Waals surface area contributed by atoms with E-state index in [1.165, 1.54) is 25.7 Å². The summed E-state index contributed by atoms with van der Waals surface area (Å²) < 4.78 is 5.82. The monoisotopic (exact) mass is 236 g/mol. The first kappa shape index (κ1) is 12.0. The van der Waals surface area contributed by atoms with Crippen LogP contribution in [0.1, 0.15) is 53.4 Å². The molecule has 0 radical (unpaired) electrons. The summed E-state index contributed by atoms with van der Waals surface area (Å²) in [6, 6.07) is 0. The van der Waals surface area contributed by atoms with Crippen LogP contribution in [-0.4, -0.2) is 12.7 Å². The molecule has 1 spiro atoms. The summed E-state index contributed by atoms with van der Waals surface area (Å²) in [7, 11) is 0. The van der Waals surface area contributed by atoms with Crippen LogP contribution in [0, 0.1) is 35.0 Å². The van der Waals surface area contributed by atoms with E-state index in [0.717, 1.165) is 41.6 Å². The lowest BCUT2D eigenvalue weighted by Gasteiger charge is -2.66. The van der Waals surface area contributed by atoms with E-state index in [-0.39, 0.29) is 0 Å². The van der Waals surface area contributed by atoms with Crippen molar-refractivity contribution in [2.24, 2.45) is 35.0 Å². The molecule has 2 saturated carbocycles. The van der Waals surface area contributed by atoms with Gasteiger partial charge in [0.15, 0.2) is 0 Å². The third kappa shape index (κ3) is 1.77. The highest BCUT2D eigenvalue weighted by atomic mass is 16.5. The van der Waals surface area contributed by atoms with Crippen LogP contribution in [0.4, 0.5) is 0 Å². The molecule has 17 heavy (non-hydrogen) atoms. The van der Waals surface area contributed by atoms with Crippen LogP contribution in [0.15, 0.2) is 0 Å². The molecule has 0 aromatic heterocycles. The zero-order valence-electron chi connectivity index (χ0n) is 11.9. The van der Waals surface area contributed by atoms with Gasteiger partial charge in [0.1, 0.15) is 0 Å². The standard InChI is InChI=1S/C16H28O/c1-10-6-16(7-10)8-11(2)15(16)14-5-13(4)17-9-12(14)3/h10-15H,5-9H2,1-4H3/t10?,11-,12+,13-,14?,15?,16?/m1/s1. The number of ether oxygens (including phenoxy) is 1. The molecule has 3 aliphatic rings. The largest absolute Gasteiger partial charge is 0.378 e. The predicted octanol–water partition coefficient (Wildman–Crippen LogP) is 4.12. The van der Waals surface area contributed by atoms with E-state index in [9.17, 15) is 0 Å². The molecule has 3 rings (SSSR count). The topological polar surface area (TPSA) is 9.23 Å². The van der Waals surface area contributed by atoms with Crippen molar-refractivity contribution < 1.29 is 4.74 Å². The molecule has 3 fully saturated rings. The Balaban J connectivity index is 1.73. The van der Waals surface area contributed by atoms with Crippen LogP contribution in [0.3, 0.4) is 0 Å². The molecule has 1 heterocycles. The lowest BCUT2D eigenvalue weighted by molar-refractivity contribution is -0.185. The van der Waals surface area contributed by atoms with Crippen LogP contribution in [0.2, 0.25) is 0 Å². The van der Waals surface area contributed by atoms with Crippen LogP contribution in [-0.2, 0) is 4.74 Å². The van der Waals surface area contributed by atoms with Crippen molar-refractivity contribution in [2.75, 3.05) is 6.61 Å². The minimum atomic E-state index is 0.499. The van der Waals surface area contributed by atoms with Crippen molar-refractivity contribution in [3.63, 3.8) is 0 Å². The number of hydrogen-bond donors (Lipinski definition) is 0. The van der Waals surface area contributed by atoms with Gasteiger partial charge < -0.3 is 4.74 Å². The molecule has 5 atom stereocenters. The molecular formula is C16H28O. The third-order valence-corrected chi connectivity index (χ3v) is 6.00. The van der Waals surface area contributed by atoms with Gasteiger partial charge in [-0.05, 0) is 67.6 Å². The highest BCUT2D eigenvalue weighted by Crippen LogP contribution is 2.68. The average molecular weight is 236 g/mol. The average Bonchev–Trinajstić information content (AvgIpc) is 2.20. The van der Waals surface area contributed by atoms with Crippen molar-refractivity contribution >= 4 is 0 Å². The Bertz CT molecular complexity index is 286. The minimum Gasteiger partial charge on any atom is -0.378 e. The van der Waals surface area contributed by atoms with Crippen molar-refractivity contribution in [1.82, 2.24) is 0 Å². The fourth-order valence-electron chi connectivity index (χ4n) is 5.61. The summed E-state index contributed by atoms with van der Waals surface area (Å²) in [5, 5.41) is 0. The van der Waals surface area contributed by atoms with E-state index in [1.807, 2.05) is 0 Å². The first-order chi connectivity index (χ1) is 8.02. The SMILES string of the molecule is CC1CC2(C1)C[C@@H](C)C2C1C[C@@H](C)OC[C@@H]1C. The molecule has 2 aliphatic carbocycles. The number of rotatable bonds is 1. The zero-order valence-corrected chi connectivity index (χ0v) is 11.9. The van der Waals surface area contributed by atoms with Gasteiger partial charge in [-0.3, -0.25) is 0 Å². The summed E-state index contributed by atoms with van der Waals surface area (Å²) >= 11 is 0. The molecule has 2 unspecified atom stereocenters. The molecule has 1 aliphatic heterocycles. The van der Waals surface area contributed by atoms with Gasteiger partial charge in [0.25, 0.3) is 0 Å². The molecule has 0 N–H and O–H groups in total. The fraction of sp³-hybridized carbons (Fsp3) is 1.00. The van der Waals surface area contributed by atoms with Gasteiger partial charge in [-0.25, -0.2) is 0 Å². The van der Waals surface area contributed by atoms with Gasteiger partial charge in [-0.1, -0.05) is 20.8 Å². The van der Waals surface area contributed by atoms with Gasteiger partial charge in [-0.2, -0.15) is 0 Å². The summed E-state index contributed by atoms with van der Waals surface area (Å²) in [6.45, 7) is 10.6. The maximum atomic E-state index is 5.82. The van der Waals surface area contributed by atoms with E-state index in [4.69, 9.17) is 4.74 Å². The van der Waals surface area contributed by atoms with Crippen molar-refractivity contribution in [3.8, 4) is 0 Å². The fourth-order valence-corrected chi connectivity index (χ4v) is 5.61. The number of hydrogen-bond acceptors (Lipinski definition) is 1. The van der Waals surface area contributed by atoms with Gasteiger partial charge in [0, 0.05) is 6.61 Å². The Morgan fingerprint density at radius 3 is 2.24 bits per heavy atom. The maximum Gasteiger partial charge on any atom is 0.0550 e. The molecule has 0 aromatic rings. The summed E-state index contributed by atoms with van der Waals surface area (Å²) in [5.41, 5.74) is 0.773. The van der Waals surface area contributed by atoms with Crippen molar-refractivity contribution in [1.29, 1.82) is 0 Å². The third-order valence-electron chi connectivity index (χ3n) is 6.00. The Kier molecular flexibility index (Phi) is 2.81. The second kappa shape index (κ2) is 3.98. The lowest BCUT2D eigenvalue weighted by atomic mass is 9.39. The van der Waals surface area contributed by atoms with Gasteiger partial charge in [0.05, 0.1) is 6.10 Å². The zero-order chi connectivity index (χ0) is 12.2. The van der Waals surface area contributed by atoms with E-state index >= 15 is 0 Å². The second-order valence-electron chi connectivity index (χ2n) is 7.60. The Morgan fingerprint density at radius 1 is 0.941 bits per heavy atom.